The predicted octanol–water partition coefficient (Wildman–Crippen LogP) is 6.13. The molecule has 0 N–H and O–H groups in total. The summed E-state index contributed by atoms with van der Waals surface area (Å²) in [5.74, 6) is 0. The van der Waals surface area contributed by atoms with Crippen molar-refractivity contribution < 1.29 is 0 Å². The van der Waals surface area contributed by atoms with Gasteiger partial charge in [-0.15, -0.1) is 0 Å². The van der Waals surface area contributed by atoms with Crippen LogP contribution in [0.5, 0.6) is 0 Å². The van der Waals surface area contributed by atoms with E-state index in [1.54, 1.807) is 0 Å². The zero-order chi connectivity index (χ0) is 13.3. The molecule has 0 saturated carbocycles. The topological polar surface area (TPSA) is 0 Å². The number of hydrogen-bond acceptors (Lipinski definition) is 0. The van der Waals surface area contributed by atoms with Gasteiger partial charge in [-0.2, -0.15) is 0 Å². The average Bonchev–Trinajstić information content (AvgIpc) is 2.39. The van der Waals surface area contributed by atoms with Crippen molar-refractivity contribution in [1.29, 1.82) is 0 Å². The molecule has 0 aliphatic carbocycles. The molecule has 0 fully saturated rings. The predicted molar refractivity (Wildman–Crippen MR) is 93.7 cm³/mol. The molecule has 0 aliphatic rings. The van der Waals surface area contributed by atoms with Gasteiger partial charge < -0.3 is 0 Å². The molecule has 0 aliphatic heterocycles. The Morgan fingerprint density at radius 3 is 1.16 bits per heavy atom. The van der Waals surface area contributed by atoms with Crippen LogP contribution in [0.15, 0.2) is 12.2 Å². The molecule has 0 radical (unpaired) electrons. The Morgan fingerprint density at radius 2 is 0.789 bits per heavy atom. The Bertz CT molecular complexity index is 145. The average molecular weight is 295 g/mol. The van der Waals surface area contributed by atoms with Gasteiger partial charge in [0, 0.05) is 0 Å². The van der Waals surface area contributed by atoms with Crippen LogP contribution in [0.1, 0.15) is 104 Å². The maximum atomic E-state index is 2.41. The second-order valence-electron chi connectivity index (χ2n) is 5.58. The van der Waals surface area contributed by atoms with Crippen LogP contribution in [0.2, 0.25) is 0 Å². The van der Waals surface area contributed by atoms with E-state index >= 15 is 0 Å². The molecule has 0 spiro atoms. The van der Waals surface area contributed by atoms with Crippen LogP contribution >= 0.6 is 0 Å². The van der Waals surface area contributed by atoms with E-state index < -0.39 is 0 Å². The SMILES string of the molecule is CCCCCCCC/C=C\CCCCCCCC.[CaH2]. The van der Waals surface area contributed by atoms with Crippen molar-refractivity contribution in [2.75, 3.05) is 0 Å². The number of unbranched alkanes of at least 4 members (excludes halogenated alkanes) is 12. The van der Waals surface area contributed by atoms with Crippen LogP contribution in [-0.2, 0) is 0 Å². The fraction of sp³-hybridized carbons (Fsp3) is 0.889. The van der Waals surface area contributed by atoms with Crippen molar-refractivity contribution in [3.8, 4) is 0 Å². The van der Waals surface area contributed by atoms with E-state index in [1.165, 1.54) is 89.9 Å². The zero-order valence-corrected chi connectivity index (χ0v) is 13.1. The summed E-state index contributed by atoms with van der Waals surface area (Å²) in [7, 11) is 0. The number of allylic oxidation sites excluding steroid dienone is 2. The second-order valence-corrected chi connectivity index (χ2v) is 5.58. The van der Waals surface area contributed by atoms with Crippen LogP contribution in [0.4, 0.5) is 0 Å². The first kappa shape index (κ1) is 22.3. The van der Waals surface area contributed by atoms with Gasteiger partial charge in [-0.3, -0.25) is 0 Å². The van der Waals surface area contributed by atoms with E-state index in [2.05, 4.69) is 26.0 Å². The van der Waals surface area contributed by atoms with E-state index in [4.69, 9.17) is 0 Å². The van der Waals surface area contributed by atoms with Gasteiger partial charge in [0.25, 0.3) is 0 Å². The minimum absolute atomic E-state index is 0. The maximum absolute atomic E-state index is 2.41. The molecule has 0 rings (SSSR count). The molecule has 0 heterocycles. The molecule has 0 saturated heterocycles. The molecule has 0 atom stereocenters. The summed E-state index contributed by atoms with van der Waals surface area (Å²) in [4.78, 5) is 0. The Kier molecular flexibility index (Phi) is 25.0. The summed E-state index contributed by atoms with van der Waals surface area (Å²) in [5, 5.41) is 0. The van der Waals surface area contributed by atoms with Gasteiger partial charge >= 0.3 is 37.7 Å². The molecule has 0 amide bonds. The van der Waals surface area contributed by atoms with Gasteiger partial charge in [-0.05, 0) is 25.7 Å². The molecular formula is C18H38Ca. The van der Waals surface area contributed by atoms with E-state index in [9.17, 15) is 0 Å². The Hall–Kier alpha value is 1.000. The van der Waals surface area contributed by atoms with Crippen LogP contribution in [0.25, 0.3) is 0 Å². The normalized spacial score (nSPS) is 10.8. The van der Waals surface area contributed by atoms with Crippen molar-refractivity contribution in [3.05, 3.63) is 12.2 Å². The third-order valence-corrected chi connectivity index (χ3v) is 3.62. The van der Waals surface area contributed by atoms with Crippen LogP contribution in [0, 0.1) is 0 Å². The molecule has 0 aromatic heterocycles. The number of rotatable bonds is 14. The Balaban J connectivity index is 0. The first-order valence-electron chi connectivity index (χ1n) is 8.56. The van der Waals surface area contributed by atoms with E-state index in [0.29, 0.717) is 0 Å². The number of hydrogen-bond donors (Lipinski definition) is 0. The van der Waals surface area contributed by atoms with Crippen LogP contribution in [0.3, 0.4) is 0 Å². The molecule has 0 unspecified atom stereocenters. The van der Waals surface area contributed by atoms with E-state index in [1.807, 2.05) is 0 Å². The Morgan fingerprint density at radius 1 is 0.474 bits per heavy atom. The molecular weight excluding hydrogens is 256 g/mol. The van der Waals surface area contributed by atoms with Crippen LogP contribution in [-0.4, -0.2) is 37.7 Å². The van der Waals surface area contributed by atoms with Gasteiger partial charge in [0.15, 0.2) is 0 Å². The standard InChI is InChI=1S/C18H36.Ca.2H/c1-3-5-7-9-11-13-15-17-18-16-14-12-10-8-6-4-2;;;/h17-18H,3-16H2,1-2H3;;;/b18-17-;;;. The first-order valence-corrected chi connectivity index (χ1v) is 8.56. The third kappa shape index (κ3) is 21.4. The summed E-state index contributed by atoms with van der Waals surface area (Å²) in [6.45, 7) is 4.57. The van der Waals surface area contributed by atoms with Gasteiger partial charge in [-0.25, -0.2) is 0 Å². The van der Waals surface area contributed by atoms with Crippen LogP contribution < -0.4 is 0 Å². The summed E-state index contributed by atoms with van der Waals surface area (Å²) < 4.78 is 0. The third-order valence-electron chi connectivity index (χ3n) is 3.62. The van der Waals surface area contributed by atoms with Crippen molar-refractivity contribution in [3.63, 3.8) is 0 Å². The molecule has 0 bridgehead atoms. The van der Waals surface area contributed by atoms with Gasteiger partial charge in [-0.1, -0.05) is 90.2 Å². The molecule has 0 nitrogen and oxygen atoms in total. The minimum atomic E-state index is 0. The molecule has 0 aromatic rings. The fourth-order valence-electron chi connectivity index (χ4n) is 2.32. The van der Waals surface area contributed by atoms with Crippen molar-refractivity contribution in [1.82, 2.24) is 0 Å². The first-order chi connectivity index (χ1) is 8.91. The zero-order valence-electron chi connectivity index (χ0n) is 13.1. The molecule has 1 heteroatoms. The molecule has 112 valence electrons. The second kappa shape index (κ2) is 21.3. The quantitative estimate of drug-likeness (QED) is 0.205. The van der Waals surface area contributed by atoms with Gasteiger partial charge in [0.05, 0.1) is 0 Å². The van der Waals surface area contributed by atoms with E-state index in [0.717, 1.165) is 0 Å². The molecule has 19 heavy (non-hydrogen) atoms. The van der Waals surface area contributed by atoms with Crippen molar-refractivity contribution in [2.45, 2.75) is 104 Å². The summed E-state index contributed by atoms with van der Waals surface area (Å²) in [5.41, 5.74) is 0. The molecule has 0 aromatic carbocycles. The Labute approximate surface area is 152 Å². The summed E-state index contributed by atoms with van der Waals surface area (Å²) >= 11 is 0. The van der Waals surface area contributed by atoms with E-state index in [-0.39, 0.29) is 37.7 Å². The van der Waals surface area contributed by atoms with Gasteiger partial charge in [0.1, 0.15) is 0 Å². The summed E-state index contributed by atoms with van der Waals surface area (Å²) in [6, 6.07) is 0. The fourth-order valence-corrected chi connectivity index (χ4v) is 2.32. The summed E-state index contributed by atoms with van der Waals surface area (Å²) in [6.07, 6.45) is 24.4. The monoisotopic (exact) mass is 294 g/mol. The van der Waals surface area contributed by atoms with Crippen molar-refractivity contribution >= 4 is 37.7 Å². The van der Waals surface area contributed by atoms with Gasteiger partial charge in [0.2, 0.25) is 0 Å². The van der Waals surface area contributed by atoms with Crippen molar-refractivity contribution in [2.24, 2.45) is 0 Å².